The minimum atomic E-state index is -0.250. The number of ether oxygens (including phenoxy) is 2. The number of thiophene rings is 1. The highest BCUT2D eigenvalue weighted by atomic mass is 32.1. The molecule has 7 heteroatoms. The number of methoxy groups -OCH3 is 1. The molecule has 2 aliphatic carbocycles. The summed E-state index contributed by atoms with van der Waals surface area (Å²) in [5.74, 6) is 8.77. The third kappa shape index (κ3) is 4.95. The summed E-state index contributed by atoms with van der Waals surface area (Å²) in [7, 11) is 1.70. The molecule has 180 valence electrons. The van der Waals surface area contributed by atoms with Crippen molar-refractivity contribution < 1.29 is 14.3 Å². The van der Waals surface area contributed by atoms with Crippen LogP contribution < -0.4 is 20.3 Å². The first-order valence-electron chi connectivity index (χ1n) is 12.3. The average Bonchev–Trinajstić information content (AvgIpc) is 3.61. The van der Waals surface area contributed by atoms with Crippen molar-refractivity contribution in [1.82, 2.24) is 0 Å². The van der Waals surface area contributed by atoms with E-state index in [9.17, 15) is 0 Å². The topological polar surface area (TPSA) is 69.3 Å². The molecule has 1 aromatic heterocycles. The van der Waals surface area contributed by atoms with Crippen LogP contribution in [0.1, 0.15) is 68.7 Å². The highest BCUT2D eigenvalue weighted by molar-refractivity contribution is 7.16. The Kier molecular flexibility index (Phi) is 6.82. The van der Waals surface area contributed by atoms with Crippen LogP contribution in [0.3, 0.4) is 0 Å². The van der Waals surface area contributed by atoms with E-state index in [2.05, 4.69) is 35.0 Å². The number of benzene rings is 1. The van der Waals surface area contributed by atoms with Crippen LogP contribution in [-0.4, -0.2) is 31.8 Å². The second-order valence-corrected chi connectivity index (χ2v) is 10.6. The van der Waals surface area contributed by atoms with Crippen LogP contribution in [0.25, 0.3) is 0 Å². The van der Waals surface area contributed by atoms with Crippen LogP contribution in [0.15, 0.2) is 35.3 Å². The third-order valence-electron chi connectivity index (χ3n) is 7.08. The first-order chi connectivity index (χ1) is 16.5. The van der Waals surface area contributed by atoms with Gasteiger partial charge < -0.3 is 15.2 Å². The smallest absolute Gasteiger partial charge is 0.174 e. The molecule has 2 aromatic rings. The normalized spacial score (nSPS) is 27.0. The van der Waals surface area contributed by atoms with Gasteiger partial charge in [-0.05, 0) is 88.1 Å². The molecule has 1 atom stereocenters. The van der Waals surface area contributed by atoms with Crippen LogP contribution in [0.4, 0.5) is 5.00 Å². The number of hydrogen-bond donors (Lipinski definition) is 1. The number of aliphatic imine (C=N–C) groups is 1. The van der Waals surface area contributed by atoms with Crippen LogP contribution in [-0.2, 0) is 10.3 Å². The van der Waals surface area contributed by atoms with Crippen molar-refractivity contribution in [2.75, 3.05) is 12.2 Å². The summed E-state index contributed by atoms with van der Waals surface area (Å²) in [5.41, 5.74) is 7.23. The third-order valence-corrected chi connectivity index (χ3v) is 8.06. The van der Waals surface area contributed by atoms with Gasteiger partial charge in [-0.15, -0.1) is 11.3 Å². The number of rotatable bonds is 5. The van der Waals surface area contributed by atoms with Gasteiger partial charge in [-0.3, -0.25) is 0 Å². The summed E-state index contributed by atoms with van der Waals surface area (Å²) in [5, 5.41) is 2.69. The minimum absolute atomic E-state index is 0.151. The Labute approximate surface area is 206 Å². The van der Waals surface area contributed by atoms with Gasteiger partial charge in [0, 0.05) is 6.04 Å². The molecule has 3 aliphatic rings. The largest absolute Gasteiger partial charge is 0.493 e. The maximum Gasteiger partial charge on any atom is 0.174 e. The van der Waals surface area contributed by atoms with Gasteiger partial charge in [0.15, 0.2) is 17.7 Å². The maximum absolute atomic E-state index is 6.40. The molecule has 0 saturated heterocycles. The molecule has 5 rings (SSSR count). The van der Waals surface area contributed by atoms with E-state index < -0.39 is 0 Å². The fraction of sp³-hybridized carbons (Fsp3) is 0.519. The van der Waals surface area contributed by atoms with E-state index in [1.165, 1.54) is 18.4 Å². The Hall–Kier alpha value is -2.53. The summed E-state index contributed by atoms with van der Waals surface area (Å²) in [4.78, 5) is 10.9. The van der Waals surface area contributed by atoms with Crippen LogP contribution in [0.5, 0.6) is 11.5 Å². The van der Waals surface area contributed by atoms with Crippen LogP contribution in [0.2, 0.25) is 0 Å². The second-order valence-electron chi connectivity index (χ2n) is 9.49. The van der Waals surface area contributed by atoms with Gasteiger partial charge in [0.1, 0.15) is 11.3 Å². The quantitative estimate of drug-likeness (QED) is 0.582. The molecule has 34 heavy (non-hydrogen) atoms. The predicted octanol–water partition coefficient (Wildman–Crippen LogP) is 5.39. The zero-order valence-electron chi connectivity index (χ0n) is 20.0. The van der Waals surface area contributed by atoms with Crippen molar-refractivity contribution in [2.45, 2.75) is 82.1 Å². The number of hydrogen-bond acceptors (Lipinski definition) is 7. The fourth-order valence-corrected chi connectivity index (χ4v) is 5.83. The molecule has 6 nitrogen and oxygen atoms in total. The van der Waals surface area contributed by atoms with Gasteiger partial charge in [0.25, 0.3) is 0 Å². The molecule has 0 bridgehead atoms. The number of nitrogens with zero attached hydrogens (tertiary/aromatic N) is 2. The van der Waals surface area contributed by atoms with Gasteiger partial charge in [-0.25, -0.2) is 9.83 Å². The molecule has 1 aromatic carbocycles. The molecular formula is C27H33N3O3S. The van der Waals surface area contributed by atoms with Gasteiger partial charge in [0.2, 0.25) is 0 Å². The lowest BCUT2D eigenvalue weighted by Crippen LogP contribution is -2.36. The Morgan fingerprint density at radius 1 is 1.12 bits per heavy atom. The minimum Gasteiger partial charge on any atom is -0.493 e. The van der Waals surface area contributed by atoms with Gasteiger partial charge >= 0.3 is 0 Å². The van der Waals surface area contributed by atoms with E-state index in [1.54, 1.807) is 29.8 Å². The zero-order chi connectivity index (χ0) is 23.5. The Morgan fingerprint density at radius 2 is 1.91 bits per heavy atom. The molecule has 2 N–H and O–H groups in total. The summed E-state index contributed by atoms with van der Waals surface area (Å²) >= 11 is 1.61. The van der Waals surface area contributed by atoms with E-state index in [0.29, 0.717) is 0 Å². The van der Waals surface area contributed by atoms with Crippen molar-refractivity contribution in [3.63, 3.8) is 0 Å². The SMILES string of the molecule is COc1ccc(C2(C#Cc3ccc(N4C=N[C@H](C)O4)s3)CCC(N)CC2)cc1OC1CCCC1. The van der Waals surface area contributed by atoms with Crippen molar-refractivity contribution in [2.24, 2.45) is 10.7 Å². The van der Waals surface area contributed by atoms with Gasteiger partial charge in [-0.1, -0.05) is 17.9 Å². The second kappa shape index (κ2) is 9.99. The first-order valence-corrected chi connectivity index (χ1v) is 13.1. The highest BCUT2D eigenvalue weighted by Gasteiger charge is 2.35. The van der Waals surface area contributed by atoms with Crippen molar-refractivity contribution in [3.05, 3.63) is 40.8 Å². The molecule has 0 spiro atoms. The number of anilines is 1. The molecule has 0 unspecified atom stereocenters. The predicted molar refractivity (Wildman–Crippen MR) is 137 cm³/mol. The molecule has 2 saturated carbocycles. The maximum atomic E-state index is 6.40. The lowest BCUT2D eigenvalue weighted by Gasteiger charge is -2.36. The van der Waals surface area contributed by atoms with Gasteiger partial charge in [-0.2, -0.15) is 5.06 Å². The summed E-state index contributed by atoms with van der Waals surface area (Å²) < 4.78 is 12.0. The molecule has 1 aliphatic heterocycles. The standard InChI is InChI=1S/C27H33N3O3S/c1-19-29-18-30(33-19)26-10-8-23(34-26)13-16-27(14-11-21(28)12-15-27)20-7-9-24(31-2)25(17-20)32-22-5-3-4-6-22/h7-10,17-19,21-22H,3-6,11-12,14-15,28H2,1-2H3/t19-,21?,27?/m0/s1. The number of nitrogens with two attached hydrogens (primary N) is 1. The first kappa shape index (κ1) is 23.2. The van der Waals surface area contributed by atoms with E-state index >= 15 is 0 Å². The van der Waals surface area contributed by atoms with E-state index in [1.807, 2.05) is 19.1 Å². The number of hydroxylamine groups is 1. The molecule has 2 fully saturated rings. The average molecular weight is 480 g/mol. The lowest BCUT2D eigenvalue weighted by molar-refractivity contribution is 0.102. The van der Waals surface area contributed by atoms with E-state index in [-0.39, 0.29) is 23.8 Å². The molecule has 0 radical (unpaired) electrons. The summed E-state index contributed by atoms with van der Waals surface area (Å²) in [6.45, 7) is 1.92. The van der Waals surface area contributed by atoms with Gasteiger partial charge in [0.05, 0.1) is 23.5 Å². The van der Waals surface area contributed by atoms with E-state index in [4.69, 9.17) is 20.0 Å². The van der Waals surface area contributed by atoms with Crippen molar-refractivity contribution in [1.29, 1.82) is 0 Å². The molecule has 0 amide bonds. The van der Waals surface area contributed by atoms with Crippen LogP contribution >= 0.6 is 11.3 Å². The monoisotopic (exact) mass is 479 g/mol. The highest BCUT2D eigenvalue weighted by Crippen LogP contribution is 2.43. The zero-order valence-corrected chi connectivity index (χ0v) is 20.8. The molecule has 2 heterocycles. The van der Waals surface area contributed by atoms with Crippen molar-refractivity contribution >= 4 is 22.7 Å². The Morgan fingerprint density at radius 3 is 2.62 bits per heavy atom. The summed E-state index contributed by atoms with van der Waals surface area (Å²) in [6, 6.07) is 10.7. The summed E-state index contributed by atoms with van der Waals surface area (Å²) in [6.07, 6.45) is 10.3. The van der Waals surface area contributed by atoms with Crippen molar-refractivity contribution in [3.8, 4) is 23.3 Å². The lowest BCUT2D eigenvalue weighted by atomic mass is 9.68. The van der Waals surface area contributed by atoms with Crippen LogP contribution in [0, 0.1) is 11.8 Å². The Bertz CT molecular complexity index is 1090. The van der Waals surface area contributed by atoms with E-state index in [0.717, 1.165) is 59.9 Å². The molecular weight excluding hydrogens is 446 g/mol. The fourth-order valence-electron chi connectivity index (χ4n) is 5.05. The Balaban J connectivity index is 1.44.